The summed E-state index contributed by atoms with van der Waals surface area (Å²) in [5, 5.41) is 24.0. The molecule has 0 aliphatic heterocycles. The van der Waals surface area contributed by atoms with E-state index in [-0.39, 0.29) is 24.1 Å². The molecule has 0 bridgehead atoms. The van der Waals surface area contributed by atoms with Crippen LogP contribution in [0.4, 0.5) is 4.79 Å². The van der Waals surface area contributed by atoms with Gasteiger partial charge in [0, 0.05) is 19.8 Å². The number of rotatable bonds is 22. The van der Waals surface area contributed by atoms with Crippen molar-refractivity contribution in [3.8, 4) is 0 Å². The number of amides is 1. The number of nitrogens with one attached hydrogen (secondary N) is 2. The minimum atomic E-state index is -4.05. The van der Waals surface area contributed by atoms with Gasteiger partial charge >= 0.3 is 12.1 Å². The summed E-state index contributed by atoms with van der Waals surface area (Å²) in [4.78, 5) is 26.7. The van der Waals surface area contributed by atoms with Crippen LogP contribution < -0.4 is 37.4 Å². The number of sulfonamides is 1. The summed E-state index contributed by atoms with van der Waals surface area (Å²) in [6, 6.07) is 38.4. The van der Waals surface area contributed by atoms with Gasteiger partial charge in [0.25, 0.3) is 0 Å². The van der Waals surface area contributed by atoms with Gasteiger partial charge in [-0.05, 0) is 67.8 Å². The number of ether oxygens (including phenoxy) is 3. The molecule has 1 unspecified atom stereocenters. The molecule has 0 aromatic heterocycles. The molecular weight excluding hydrogens is 794 g/mol. The smallest absolute Gasteiger partial charge is 0.407 e. The van der Waals surface area contributed by atoms with Crippen molar-refractivity contribution in [2.75, 3.05) is 59.4 Å². The third kappa shape index (κ3) is 19.9. The first-order chi connectivity index (χ1) is 28.4. The van der Waals surface area contributed by atoms with E-state index >= 15 is 0 Å². The van der Waals surface area contributed by atoms with Gasteiger partial charge in [-0.15, -0.1) is 0 Å². The van der Waals surface area contributed by atoms with E-state index in [4.69, 9.17) is 30.8 Å². The second-order valence-corrected chi connectivity index (χ2v) is 18.0. The number of carboxylic acids is 1. The quantitative estimate of drug-likeness (QED) is 0.0219. The topological polar surface area (TPSA) is 225 Å². The van der Waals surface area contributed by atoms with Gasteiger partial charge in [-0.1, -0.05) is 91.9 Å². The fourth-order valence-corrected chi connectivity index (χ4v) is 9.56. The number of carbonyl (C=O) groups is 2. The largest absolute Gasteiger partial charge is 0.480 e. The van der Waals surface area contributed by atoms with E-state index < -0.39 is 41.9 Å². The first kappa shape index (κ1) is 50.0. The molecule has 0 aliphatic rings. The van der Waals surface area contributed by atoms with Gasteiger partial charge in [0.2, 0.25) is 10.0 Å². The average molecular weight is 853 g/mol. The van der Waals surface area contributed by atoms with Crippen LogP contribution in [0.2, 0.25) is 0 Å². The highest BCUT2D eigenvalue weighted by Gasteiger charge is 2.39. The van der Waals surface area contributed by atoms with E-state index in [1.165, 1.54) is 40.2 Å². The number of nitrogens with two attached hydrogens (primary N) is 2. The molecule has 4 aromatic rings. The van der Waals surface area contributed by atoms with Crippen LogP contribution in [-0.2, 0) is 29.0 Å². The van der Waals surface area contributed by atoms with E-state index in [1.54, 1.807) is 12.1 Å². The standard InChI is InChI=1S/C19H18P.C17H27N5O7S.C7H14O2/c1-20(17-11-5-2-6-12-17,18-13-7-3-8-14-18)19-15-9-4-10-16-19;18-16(19)20-8-11-28-9-4-5-10-29-17(25)21-12-14(15(23)24)22-30(26,27)13-6-2-1-3-7-13;1-2-6-9-7-4-3-5-8/h2-16H,1H3;1-3,6-7,14,22H,4-5,8-12H2,(H,21,25)(H,23,24)(H4,18,19,20);3-4,8H,2,5-7H2,1H3/q+1;;/b;;4-3+. The van der Waals surface area contributed by atoms with Crippen LogP contribution in [0.25, 0.3) is 0 Å². The lowest BCUT2D eigenvalue weighted by Gasteiger charge is -2.22. The molecule has 320 valence electrons. The predicted octanol–water partition coefficient (Wildman–Crippen LogP) is 3.79. The highest BCUT2D eigenvalue weighted by Crippen LogP contribution is 2.51. The average Bonchev–Trinajstić information content (AvgIpc) is 3.25. The molecule has 14 nitrogen and oxygen atoms in total. The number of benzene rings is 4. The van der Waals surface area contributed by atoms with Crippen molar-refractivity contribution in [1.29, 1.82) is 0 Å². The minimum Gasteiger partial charge on any atom is -0.480 e. The molecule has 59 heavy (non-hydrogen) atoms. The molecule has 4 rings (SSSR count). The van der Waals surface area contributed by atoms with Crippen LogP contribution in [0.5, 0.6) is 0 Å². The van der Waals surface area contributed by atoms with Crippen molar-refractivity contribution < 1.29 is 42.4 Å². The molecule has 16 heteroatoms. The minimum absolute atomic E-state index is 0.00369. The number of alkyl carbamates (subject to hydrolysis) is 1. The molecule has 0 saturated heterocycles. The van der Waals surface area contributed by atoms with Crippen molar-refractivity contribution in [3.63, 3.8) is 0 Å². The highest BCUT2D eigenvalue weighted by molar-refractivity contribution is 7.95. The zero-order chi connectivity index (χ0) is 43.2. The van der Waals surface area contributed by atoms with Gasteiger partial charge < -0.3 is 41.2 Å². The summed E-state index contributed by atoms with van der Waals surface area (Å²) in [7, 11) is -5.58. The molecule has 8 N–H and O–H groups in total. The van der Waals surface area contributed by atoms with E-state index in [0.717, 1.165) is 13.0 Å². The van der Waals surface area contributed by atoms with Crippen LogP contribution in [0.1, 0.15) is 26.2 Å². The first-order valence-corrected chi connectivity index (χ1v) is 22.9. The molecule has 0 aliphatic carbocycles. The number of carboxylic acid groups (broad SMARTS) is 1. The molecule has 1 amide bonds. The number of hydrogen-bond acceptors (Lipinski definition) is 9. The monoisotopic (exact) mass is 852 g/mol. The second kappa shape index (κ2) is 29.1. The van der Waals surface area contributed by atoms with Gasteiger partial charge in [0.15, 0.2) is 5.96 Å². The first-order valence-electron chi connectivity index (χ1n) is 19.2. The third-order valence-corrected chi connectivity index (χ3v) is 13.7. The fourth-order valence-electron chi connectivity index (χ4n) is 5.15. The summed E-state index contributed by atoms with van der Waals surface area (Å²) >= 11 is 0. The van der Waals surface area contributed by atoms with Crippen molar-refractivity contribution in [3.05, 3.63) is 133 Å². The molecule has 1 atom stereocenters. The summed E-state index contributed by atoms with van der Waals surface area (Å²) in [6.45, 7) is 6.79. The van der Waals surface area contributed by atoms with Gasteiger partial charge in [-0.25, -0.2) is 13.2 Å². The molecule has 0 spiro atoms. The Morgan fingerprint density at radius 3 is 1.75 bits per heavy atom. The number of aliphatic imine (C=N–C) groups is 1. The number of nitrogens with zero attached hydrogens (tertiary/aromatic N) is 1. The number of guanidine groups is 1. The van der Waals surface area contributed by atoms with E-state index in [0.29, 0.717) is 39.2 Å². The molecule has 0 radical (unpaired) electrons. The van der Waals surface area contributed by atoms with Crippen molar-refractivity contribution in [2.24, 2.45) is 16.5 Å². The van der Waals surface area contributed by atoms with Gasteiger partial charge in [-0.2, -0.15) is 4.72 Å². The van der Waals surface area contributed by atoms with E-state index in [2.05, 4.69) is 115 Å². The lowest BCUT2D eigenvalue weighted by atomic mass is 10.3. The zero-order valence-electron chi connectivity index (χ0n) is 33.8. The lowest BCUT2D eigenvalue weighted by Crippen LogP contribution is -2.48. The maximum atomic E-state index is 12.2. The number of aliphatic carboxylic acids is 1. The van der Waals surface area contributed by atoms with E-state index in [9.17, 15) is 23.1 Å². The highest BCUT2D eigenvalue weighted by atomic mass is 32.2. The summed E-state index contributed by atoms with van der Waals surface area (Å²) in [5.41, 5.74) is 10.3. The SMILES string of the molecule is CCCOC/C=C/CO.C[P+](c1ccccc1)(c1ccccc1)c1ccccc1.NC(N)=NCCOCCCCOC(=O)NCC(NS(=O)(=O)c1ccccc1)C(=O)O. The van der Waals surface area contributed by atoms with Gasteiger partial charge in [-0.3, -0.25) is 9.79 Å². The Kier molecular flexibility index (Phi) is 24.7. The number of aliphatic hydroxyl groups is 1. The van der Waals surface area contributed by atoms with Crippen molar-refractivity contribution in [1.82, 2.24) is 10.0 Å². The fraction of sp³-hybridized carbons (Fsp3) is 0.326. The Morgan fingerprint density at radius 1 is 0.763 bits per heavy atom. The maximum Gasteiger partial charge on any atom is 0.407 e. The number of aliphatic hydroxyl groups excluding tert-OH is 1. The number of hydrogen-bond donors (Lipinski definition) is 6. The van der Waals surface area contributed by atoms with Crippen LogP contribution in [0.15, 0.2) is 143 Å². The number of carbonyl (C=O) groups excluding carboxylic acids is 1. The van der Waals surface area contributed by atoms with Crippen molar-refractivity contribution >= 4 is 51.2 Å². The molecular formula is C43H59N5O9PS+. The zero-order valence-corrected chi connectivity index (χ0v) is 35.5. The molecule has 0 fully saturated rings. The Labute approximate surface area is 349 Å². The van der Waals surface area contributed by atoms with Crippen LogP contribution >= 0.6 is 7.26 Å². The summed E-state index contributed by atoms with van der Waals surface area (Å²) in [5.74, 6) is -1.44. The Balaban J connectivity index is 0.000000352. The second-order valence-electron chi connectivity index (χ2n) is 12.7. The van der Waals surface area contributed by atoms with Crippen LogP contribution in [0, 0.1) is 0 Å². The normalized spacial score (nSPS) is 11.6. The molecule has 0 heterocycles. The Morgan fingerprint density at radius 2 is 1.27 bits per heavy atom. The third-order valence-electron chi connectivity index (χ3n) is 8.20. The van der Waals surface area contributed by atoms with Crippen molar-refractivity contribution in [2.45, 2.75) is 37.1 Å². The van der Waals surface area contributed by atoms with Gasteiger partial charge in [0.1, 0.15) is 29.2 Å². The Hall–Kier alpha value is -5.15. The molecule has 4 aromatic carbocycles. The van der Waals surface area contributed by atoms with Crippen LogP contribution in [-0.4, -0.2) is 102 Å². The van der Waals surface area contributed by atoms with Crippen LogP contribution in [0.3, 0.4) is 0 Å². The summed E-state index contributed by atoms with van der Waals surface area (Å²) in [6.07, 6.45) is 4.84. The van der Waals surface area contributed by atoms with E-state index in [1.807, 2.05) is 10.8 Å². The predicted molar refractivity (Wildman–Crippen MR) is 237 cm³/mol. The Bertz CT molecular complexity index is 1810. The number of unbranched alkanes of at least 4 members (excludes halogenated alkanes) is 1. The maximum absolute atomic E-state index is 12.2. The molecule has 0 saturated carbocycles. The summed E-state index contributed by atoms with van der Waals surface area (Å²) < 4.78 is 41.7. The van der Waals surface area contributed by atoms with Gasteiger partial charge in [0.05, 0.1) is 44.5 Å². The lowest BCUT2D eigenvalue weighted by molar-refractivity contribution is -0.138.